The van der Waals surface area contributed by atoms with E-state index in [-0.39, 0.29) is 0 Å². The second kappa shape index (κ2) is 9.69. The molecular formula is C44H27NO. The quantitative estimate of drug-likeness (QED) is 0.202. The summed E-state index contributed by atoms with van der Waals surface area (Å²) in [6.45, 7) is 0. The molecule has 2 heterocycles. The van der Waals surface area contributed by atoms with Crippen molar-refractivity contribution >= 4 is 65.3 Å². The largest absolute Gasteiger partial charge is 0.455 e. The van der Waals surface area contributed by atoms with Gasteiger partial charge in [0.1, 0.15) is 11.2 Å². The number of rotatable bonds is 3. The highest BCUT2D eigenvalue weighted by atomic mass is 16.3. The highest BCUT2D eigenvalue weighted by Crippen LogP contribution is 2.50. The molecule has 2 aromatic heterocycles. The van der Waals surface area contributed by atoms with Gasteiger partial charge in [-0.05, 0) is 51.4 Å². The molecule has 2 nitrogen and oxygen atoms in total. The molecule has 0 aliphatic carbocycles. The van der Waals surface area contributed by atoms with Crippen LogP contribution in [0.3, 0.4) is 0 Å². The molecule has 0 fully saturated rings. The Morgan fingerprint density at radius 1 is 0.391 bits per heavy atom. The monoisotopic (exact) mass is 585 g/mol. The van der Waals surface area contributed by atoms with Gasteiger partial charge < -0.3 is 8.98 Å². The summed E-state index contributed by atoms with van der Waals surface area (Å²) in [5.41, 5.74) is 10.1. The lowest BCUT2D eigenvalue weighted by Crippen LogP contribution is -1.96. The Bertz CT molecular complexity index is 2790. The van der Waals surface area contributed by atoms with Gasteiger partial charge in [-0.3, -0.25) is 0 Å². The van der Waals surface area contributed by atoms with Crippen molar-refractivity contribution in [1.82, 2.24) is 4.57 Å². The van der Waals surface area contributed by atoms with Crippen molar-refractivity contribution in [3.05, 3.63) is 164 Å². The molecule has 0 unspecified atom stereocenters. The third kappa shape index (κ3) is 3.47. The van der Waals surface area contributed by atoms with Crippen LogP contribution >= 0.6 is 0 Å². The van der Waals surface area contributed by atoms with Crippen molar-refractivity contribution in [1.29, 1.82) is 0 Å². The average Bonchev–Trinajstić information content (AvgIpc) is 3.67. The van der Waals surface area contributed by atoms with E-state index in [2.05, 4.69) is 168 Å². The fourth-order valence-electron chi connectivity index (χ4n) is 7.70. The molecular weight excluding hydrogens is 558 g/mol. The third-order valence-electron chi connectivity index (χ3n) is 9.58. The smallest absolute Gasteiger partial charge is 0.144 e. The van der Waals surface area contributed by atoms with E-state index >= 15 is 0 Å². The number of hydrogen-bond acceptors (Lipinski definition) is 1. The molecule has 0 aliphatic rings. The van der Waals surface area contributed by atoms with Crippen molar-refractivity contribution in [2.24, 2.45) is 0 Å². The fourth-order valence-corrected chi connectivity index (χ4v) is 7.70. The van der Waals surface area contributed by atoms with Crippen molar-refractivity contribution < 1.29 is 4.42 Å². The van der Waals surface area contributed by atoms with Gasteiger partial charge in [-0.1, -0.05) is 140 Å². The first-order chi connectivity index (χ1) is 22.9. The molecule has 0 atom stereocenters. The highest BCUT2D eigenvalue weighted by molar-refractivity contribution is 6.30. The van der Waals surface area contributed by atoms with E-state index in [1.165, 1.54) is 60.0 Å². The van der Waals surface area contributed by atoms with Gasteiger partial charge in [0, 0.05) is 43.9 Å². The standard InChI is InChI=1S/C44H27NO/c1-2-16-29(17-3-1)45-38-26-10-8-19-31(38)35-24-13-25-37(43(35)45)40-33-20-6-7-21-34(33)41(32-23-12-15-28-14-4-5-18-30(28)32)44-42(40)36-22-9-11-27-39(36)46-44/h1-27H. The van der Waals surface area contributed by atoms with Crippen LogP contribution < -0.4 is 0 Å². The second-order valence-electron chi connectivity index (χ2n) is 12.0. The molecule has 0 bridgehead atoms. The predicted octanol–water partition coefficient (Wildman–Crippen LogP) is 12.3. The molecule has 0 radical (unpaired) electrons. The van der Waals surface area contributed by atoms with Crippen LogP contribution in [0.25, 0.3) is 93.2 Å². The molecule has 0 saturated heterocycles. The topological polar surface area (TPSA) is 18.1 Å². The Morgan fingerprint density at radius 2 is 0.978 bits per heavy atom. The molecule has 0 amide bonds. The first kappa shape index (κ1) is 25.2. The molecule has 0 saturated carbocycles. The minimum Gasteiger partial charge on any atom is -0.455 e. The maximum Gasteiger partial charge on any atom is 0.144 e. The Labute approximate surface area is 265 Å². The minimum atomic E-state index is 0.895. The van der Waals surface area contributed by atoms with Gasteiger partial charge in [0.25, 0.3) is 0 Å². The van der Waals surface area contributed by atoms with Crippen LogP contribution in [0.1, 0.15) is 0 Å². The summed E-state index contributed by atoms with van der Waals surface area (Å²) in [6, 6.07) is 58.8. The summed E-state index contributed by atoms with van der Waals surface area (Å²) in [7, 11) is 0. The van der Waals surface area contributed by atoms with Gasteiger partial charge in [0.15, 0.2) is 0 Å². The Balaban J connectivity index is 1.45. The van der Waals surface area contributed by atoms with Gasteiger partial charge in [0.05, 0.1) is 11.0 Å². The molecule has 0 aliphatic heterocycles. The predicted molar refractivity (Wildman–Crippen MR) is 194 cm³/mol. The fraction of sp³-hybridized carbons (Fsp3) is 0. The van der Waals surface area contributed by atoms with Crippen LogP contribution in [0.15, 0.2) is 168 Å². The van der Waals surface area contributed by atoms with E-state index in [0.29, 0.717) is 0 Å². The number of furan rings is 1. The van der Waals surface area contributed by atoms with Crippen LogP contribution in [0.2, 0.25) is 0 Å². The molecule has 46 heavy (non-hydrogen) atoms. The van der Waals surface area contributed by atoms with Crippen LogP contribution in [-0.4, -0.2) is 4.57 Å². The number of para-hydroxylation sites is 4. The van der Waals surface area contributed by atoms with Gasteiger partial charge in [-0.15, -0.1) is 0 Å². The lowest BCUT2D eigenvalue weighted by molar-refractivity contribution is 0.670. The normalized spacial score (nSPS) is 11.9. The molecule has 8 aromatic carbocycles. The number of fused-ring (bicyclic) bond motifs is 8. The van der Waals surface area contributed by atoms with Crippen molar-refractivity contribution in [2.75, 3.05) is 0 Å². The first-order valence-electron chi connectivity index (χ1n) is 15.8. The van der Waals surface area contributed by atoms with Gasteiger partial charge in [-0.25, -0.2) is 0 Å². The van der Waals surface area contributed by atoms with Crippen molar-refractivity contribution in [3.63, 3.8) is 0 Å². The van der Waals surface area contributed by atoms with Gasteiger partial charge in [0.2, 0.25) is 0 Å². The third-order valence-corrected chi connectivity index (χ3v) is 9.58. The van der Waals surface area contributed by atoms with Crippen LogP contribution in [0, 0.1) is 0 Å². The zero-order chi connectivity index (χ0) is 30.2. The molecule has 10 aromatic rings. The molecule has 214 valence electrons. The van der Waals surface area contributed by atoms with E-state index in [1.54, 1.807) is 0 Å². The summed E-state index contributed by atoms with van der Waals surface area (Å²) >= 11 is 0. The lowest BCUT2D eigenvalue weighted by Gasteiger charge is -2.18. The second-order valence-corrected chi connectivity index (χ2v) is 12.0. The molecule has 0 spiro atoms. The van der Waals surface area contributed by atoms with Crippen LogP contribution in [0.4, 0.5) is 0 Å². The number of hydrogen-bond donors (Lipinski definition) is 0. The maximum absolute atomic E-state index is 6.94. The summed E-state index contributed by atoms with van der Waals surface area (Å²) in [5.74, 6) is 0. The number of aromatic nitrogens is 1. The summed E-state index contributed by atoms with van der Waals surface area (Å²) < 4.78 is 9.37. The van der Waals surface area contributed by atoms with Crippen molar-refractivity contribution in [3.8, 4) is 27.9 Å². The molecule has 2 heteroatoms. The Kier molecular flexibility index (Phi) is 5.31. The molecule has 10 rings (SSSR count). The van der Waals surface area contributed by atoms with Crippen LogP contribution in [0.5, 0.6) is 0 Å². The van der Waals surface area contributed by atoms with E-state index in [9.17, 15) is 0 Å². The SMILES string of the molecule is c1ccc(-n2c3ccccc3c3cccc(-c4c5ccccc5c(-c5cccc6ccccc56)c5oc6ccccc6c45)c32)cc1. The Hall–Kier alpha value is -6.12. The van der Waals surface area contributed by atoms with Crippen LogP contribution in [-0.2, 0) is 0 Å². The average molecular weight is 586 g/mol. The van der Waals surface area contributed by atoms with E-state index in [1.807, 2.05) is 0 Å². The zero-order valence-corrected chi connectivity index (χ0v) is 24.9. The van der Waals surface area contributed by atoms with Gasteiger partial charge >= 0.3 is 0 Å². The number of nitrogens with zero attached hydrogens (tertiary/aromatic N) is 1. The van der Waals surface area contributed by atoms with E-state index < -0.39 is 0 Å². The first-order valence-corrected chi connectivity index (χ1v) is 15.8. The summed E-state index contributed by atoms with van der Waals surface area (Å²) in [5, 5.41) is 9.58. The molecule has 0 N–H and O–H groups in total. The zero-order valence-electron chi connectivity index (χ0n) is 24.9. The summed E-state index contributed by atoms with van der Waals surface area (Å²) in [4.78, 5) is 0. The lowest BCUT2D eigenvalue weighted by atomic mass is 9.86. The summed E-state index contributed by atoms with van der Waals surface area (Å²) in [6.07, 6.45) is 0. The van der Waals surface area contributed by atoms with Gasteiger partial charge in [-0.2, -0.15) is 0 Å². The Morgan fingerprint density at radius 3 is 1.83 bits per heavy atom. The minimum absolute atomic E-state index is 0.895. The van der Waals surface area contributed by atoms with Crippen molar-refractivity contribution in [2.45, 2.75) is 0 Å². The van der Waals surface area contributed by atoms with E-state index in [0.717, 1.165) is 33.2 Å². The highest BCUT2D eigenvalue weighted by Gasteiger charge is 2.25. The number of benzene rings is 8. The maximum atomic E-state index is 6.94. The van der Waals surface area contributed by atoms with E-state index in [4.69, 9.17) is 4.42 Å².